The van der Waals surface area contributed by atoms with E-state index in [4.69, 9.17) is 23.2 Å². The highest BCUT2D eigenvalue weighted by Crippen LogP contribution is 2.36. The van der Waals surface area contributed by atoms with E-state index in [0.29, 0.717) is 5.56 Å². The number of phenols is 1. The van der Waals surface area contributed by atoms with Crippen molar-refractivity contribution in [3.05, 3.63) is 63.6 Å². The molecule has 0 radical (unpaired) electrons. The zero-order valence-electron chi connectivity index (χ0n) is 19.6. The van der Waals surface area contributed by atoms with Gasteiger partial charge in [0.25, 0.3) is 5.91 Å². The monoisotopic (exact) mass is 408 g/mol. The van der Waals surface area contributed by atoms with Crippen LogP contribution in [0, 0.1) is 0 Å². The van der Waals surface area contributed by atoms with Crippen molar-refractivity contribution in [1.29, 1.82) is 0 Å². The third kappa shape index (κ3) is 3.94. The van der Waals surface area contributed by atoms with Crippen molar-refractivity contribution in [1.82, 2.24) is 5.32 Å². The maximum absolute atomic E-state index is 12.8. The van der Waals surface area contributed by atoms with Crippen LogP contribution in [0.15, 0.2) is 36.3 Å². The maximum atomic E-state index is 12.8. The highest BCUT2D eigenvalue weighted by molar-refractivity contribution is 6.32. The molecule has 0 unspecified atom stereocenters. The number of fused-ring (bicyclic) bond motifs is 1. The second-order valence-corrected chi connectivity index (χ2v) is 6.61. The number of hydrogen-bond donors (Lipinski definition) is 3. The molecule has 28 heavy (non-hydrogen) atoms. The SMILES string of the molecule is [2H]c1c([2H])c([2H])c(C[C@H](NC(=O)c2cc(Cl)c3c(c2O)C(=O)O[C@@H](C)C3)C(=O)O)c([2H])c1[2H]. The number of nitrogens with one attached hydrogen (secondary N) is 1. The summed E-state index contributed by atoms with van der Waals surface area (Å²) in [7, 11) is 0. The summed E-state index contributed by atoms with van der Waals surface area (Å²) in [6.45, 7) is 1.63. The van der Waals surface area contributed by atoms with Crippen molar-refractivity contribution < 1.29 is 36.2 Å². The number of carboxylic acids is 1. The Morgan fingerprint density at radius 3 is 2.71 bits per heavy atom. The number of amides is 1. The van der Waals surface area contributed by atoms with Crippen LogP contribution in [-0.4, -0.2) is 40.2 Å². The normalized spacial score (nSPS) is 19.1. The predicted octanol–water partition coefficient (Wildman–Crippen LogP) is 2.57. The van der Waals surface area contributed by atoms with Crippen molar-refractivity contribution in [2.75, 3.05) is 0 Å². The Kier molecular flexibility index (Phi) is 3.95. The summed E-state index contributed by atoms with van der Waals surface area (Å²) < 4.78 is 44.0. The highest BCUT2D eigenvalue weighted by atomic mass is 35.5. The largest absolute Gasteiger partial charge is 0.506 e. The van der Waals surface area contributed by atoms with Gasteiger partial charge in [0.15, 0.2) is 0 Å². The van der Waals surface area contributed by atoms with Gasteiger partial charge in [-0.05, 0) is 24.1 Å². The van der Waals surface area contributed by atoms with Gasteiger partial charge in [0.1, 0.15) is 23.5 Å². The van der Waals surface area contributed by atoms with E-state index in [0.717, 1.165) is 6.07 Å². The first kappa shape index (κ1) is 14.0. The summed E-state index contributed by atoms with van der Waals surface area (Å²) >= 11 is 6.19. The van der Waals surface area contributed by atoms with Crippen LogP contribution in [0.2, 0.25) is 5.02 Å². The smallest absolute Gasteiger partial charge is 0.342 e. The number of halogens is 1. The molecule has 0 saturated carbocycles. The van der Waals surface area contributed by atoms with Crippen molar-refractivity contribution in [3.8, 4) is 5.75 Å². The molecule has 0 fully saturated rings. The van der Waals surface area contributed by atoms with E-state index in [9.17, 15) is 24.6 Å². The summed E-state index contributed by atoms with van der Waals surface area (Å²) in [6, 6.07) is -3.75. The number of phenolic OH excluding ortho intramolecular Hbond substituents is 1. The molecule has 3 rings (SSSR count). The fourth-order valence-corrected chi connectivity index (χ4v) is 3.14. The van der Waals surface area contributed by atoms with Crippen LogP contribution >= 0.6 is 11.6 Å². The van der Waals surface area contributed by atoms with E-state index in [1.54, 1.807) is 6.92 Å². The molecule has 0 bridgehead atoms. The average Bonchev–Trinajstić information content (AvgIpc) is 2.74. The van der Waals surface area contributed by atoms with Gasteiger partial charge in [0, 0.05) is 17.9 Å². The molecule has 146 valence electrons. The van der Waals surface area contributed by atoms with Gasteiger partial charge in [-0.3, -0.25) is 4.79 Å². The number of aliphatic carboxylic acids is 1. The first-order chi connectivity index (χ1) is 15.3. The molecule has 0 spiro atoms. The lowest BCUT2D eigenvalue weighted by atomic mass is 9.95. The minimum Gasteiger partial charge on any atom is -0.506 e. The molecule has 2 atom stereocenters. The van der Waals surface area contributed by atoms with Crippen LogP contribution in [0.1, 0.15) is 45.6 Å². The number of hydrogen-bond acceptors (Lipinski definition) is 5. The first-order valence-electron chi connectivity index (χ1n) is 10.7. The van der Waals surface area contributed by atoms with E-state index in [-0.39, 0.29) is 22.6 Å². The lowest BCUT2D eigenvalue weighted by molar-refractivity contribution is -0.139. The number of ether oxygens (including phenoxy) is 1. The minimum atomic E-state index is -1.72. The van der Waals surface area contributed by atoms with Crippen molar-refractivity contribution in [2.24, 2.45) is 0 Å². The molecule has 0 aliphatic carbocycles. The Morgan fingerprint density at radius 1 is 1.39 bits per heavy atom. The molecule has 8 heteroatoms. The van der Waals surface area contributed by atoms with Crippen LogP contribution in [-0.2, 0) is 22.4 Å². The van der Waals surface area contributed by atoms with Crippen LogP contribution in [0.4, 0.5) is 0 Å². The summed E-state index contributed by atoms with van der Waals surface area (Å²) in [4.78, 5) is 36.8. The molecular weight excluding hydrogens is 386 g/mol. The lowest BCUT2D eigenvalue weighted by Gasteiger charge is -2.24. The number of carbonyl (C=O) groups is 3. The second-order valence-electron chi connectivity index (χ2n) is 6.20. The number of rotatable bonds is 5. The molecule has 1 heterocycles. The Morgan fingerprint density at radius 2 is 2.07 bits per heavy atom. The number of benzene rings is 2. The third-order valence-electron chi connectivity index (χ3n) is 4.17. The third-order valence-corrected chi connectivity index (χ3v) is 4.50. The summed E-state index contributed by atoms with van der Waals surface area (Å²) in [5.74, 6) is -4.25. The fourth-order valence-electron chi connectivity index (χ4n) is 2.86. The molecule has 1 aliphatic heterocycles. The van der Waals surface area contributed by atoms with E-state index in [2.05, 4.69) is 5.32 Å². The Bertz CT molecular complexity index is 1180. The highest BCUT2D eigenvalue weighted by Gasteiger charge is 2.33. The van der Waals surface area contributed by atoms with Gasteiger partial charge >= 0.3 is 11.9 Å². The topological polar surface area (TPSA) is 113 Å². The van der Waals surface area contributed by atoms with Gasteiger partial charge in [-0.2, -0.15) is 0 Å². The minimum absolute atomic E-state index is 0.00828. The molecule has 0 saturated heterocycles. The molecule has 0 aromatic heterocycles. The van der Waals surface area contributed by atoms with Crippen molar-refractivity contribution in [2.45, 2.75) is 31.9 Å². The van der Waals surface area contributed by atoms with E-state index < -0.39 is 77.9 Å². The first-order valence-corrected chi connectivity index (χ1v) is 8.57. The van der Waals surface area contributed by atoms with Crippen molar-refractivity contribution >= 4 is 29.4 Å². The molecule has 7 nitrogen and oxygen atoms in total. The predicted molar refractivity (Wildman–Crippen MR) is 101 cm³/mol. The summed E-state index contributed by atoms with van der Waals surface area (Å²) in [5, 5.41) is 22.2. The van der Waals surface area contributed by atoms with Crippen LogP contribution in [0.5, 0.6) is 5.75 Å². The Balaban J connectivity index is 1.97. The van der Waals surface area contributed by atoms with Crippen LogP contribution < -0.4 is 5.32 Å². The zero-order chi connectivity index (χ0) is 24.8. The van der Waals surface area contributed by atoms with Gasteiger partial charge in [0.05, 0.1) is 12.4 Å². The average molecular weight is 409 g/mol. The molecule has 1 amide bonds. The van der Waals surface area contributed by atoms with E-state index in [1.807, 2.05) is 0 Å². The van der Waals surface area contributed by atoms with Gasteiger partial charge in [-0.15, -0.1) is 0 Å². The zero-order valence-corrected chi connectivity index (χ0v) is 15.3. The molecule has 1 aliphatic rings. The van der Waals surface area contributed by atoms with Gasteiger partial charge in [-0.25, -0.2) is 9.59 Å². The van der Waals surface area contributed by atoms with Crippen LogP contribution in [0.25, 0.3) is 0 Å². The molecular formula is C20H18ClNO6. The summed E-state index contributed by atoms with van der Waals surface area (Å²) in [6.07, 6.45) is -0.909. The Labute approximate surface area is 172 Å². The fraction of sp³-hybridized carbons (Fsp3) is 0.250. The standard InChI is InChI=1S/C20H18ClNO6/c1-10-7-12-14(21)9-13(17(23)16(12)20(27)28-10)18(24)22-15(19(25)26)8-11-5-3-2-4-6-11/h2-6,9-10,15,23H,7-8H2,1H3,(H,22,24)(H,25,26)/t10-,15-/m0/s1/i2D,3D,4D,5D,6D. The molecule has 2 aromatic carbocycles. The van der Waals surface area contributed by atoms with E-state index in [1.165, 1.54) is 0 Å². The van der Waals surface area contributed by atoms with Gasteiger partial charge in [-0.1, -0.05) is 41.8 Å². The summed E-state index contributed by atoms with van der Waals surface area (Å²) in [5.41, 5.74) is -0.775. The number of esters is 1. The Hall–Kier alpha value is -3.06. The second kappa shape index (κ2) is 7.90. The number of carbonyl (C=O) groups excluding carboxylic acids is 2. The maximum Gasteiger partial charge on any atom is 0.342 e. The molecule has 2 aromatic rings. The van der Waals surface area contributed by atoms with Crippen LogP contribution in [0.3, 0.4) is 0 Å². The van der Waals surface area contributed by atoms with Gasteiger partial charge < -0.3 is 20.3 Å². The molecule has 3 N–H and O–H groups in total. The quantitative estimate of drug-likeness (QED) is 0.655. The van der Waals surface area contributed by atoms with Gasteiger partial charge in [0.2, 0.25) is 0 Å². The van der Waals surface area contributed by atoms with Crippen molar-refractivity contribution in [3.63, 3.8) is 0 Å². The van der Waals surface area contributed by atoms with E-state index >= 15 is 0 Å². The number of aromatic hydroxyl groups is 1. The number of cyclic esters (lactones) is 1. The lowest BCUT2D eigenvalue weighted by Crippen LogP contribution is -2.42. The number of carboxylic acid groups (broad SMARTS) is 1.